The summed E-state index contributed by atoms with van der Waals surface area (Å²) in [6.07, 6.45) is 5.84. The van der Waals surface area contributed by atoms with Crippen LogP contribution in [0.4, 0.5) is 34.5 Å². The predicted octanol–water partition coefficient (Wildman–Crippen LogP) is 4.09. The second kappa shape index (κ2) is 9.67. The first-order chi connectivity index (χ1) is 9.25. The van der Waals surface area contributed by atoms with E-state index in [0.29, 0.717) is 0 Å². The van der Waals surface area contributed by atoms with Gasteiger partial charge in [0.15, 0.2) is 0 Å². The molecule has 1 rings (SSSR count). The molecule has 0 unspecified atom stereocenters. The summed E-state index contributed by atoms with van der Waals surface area (Å²) in [5, 5.41) is 0. The molecule has 1 N–H and O–H groups in total. The lowest BCUT2D eigenvalue weighted by Crippen LogP contribution is -2.33. The van der Waals surface area contributed by atoms with Gasteiger partial charge in [0.2, 0.25) is 0 Å². The van der Waals surface area contributed by atoms with Gasteiger partial charge in [0.25, 0.3) is 5.82 Å². The lowest BCUT2D eigenvalue weighted by molar-refractivity contribution is -0.683. The number of H-pyrrole nitrogens is 1. The third-order valence-corrected chi connectivity index (χ3v) is 2.17. The molecular weight excluding hydrogens is 310 g/mol. The van der Waals surface area contributed by atoms with Crippen molar-refractivity contribution in [2.24, 2.45) is 7.05 Å². The summed E-state index contributed by atoms with van der Waals surface area (Å²) in [5.41, 5.74) is 1.41. The zero-order chi connectivity index (χ0) is 17.3. The molecule has 0 saturated heterocycles. The molecule has 0 aromatic carbocycles. The maximum Gasteiger partial charge on any atom is 0.673 e. The first-order valence-corrected chi connectivity index (χ1v) is 6.03. The van der Waals surface area contributed by atoms with E-state index in [0.717, 1.165) is 0 Å². The Labute approximate surface area is 117 Å². The van der Waals surface area contributed by atoms with Crippen molar-refractivity contribution in [3.63, 3.8) is 0 Å². The Balaban J connectivity index is 0. The molecule has 0 aliphatic rings. The minimum absolute atomic E-state index is 1.19. The summed E-state index contributed by atoms with van der Waals surface area (Å²) in [7, 11) is -9.89. The van der Waals surface area contributed by atoms with Crippen molar-refractivity contribution in [1.29, 1.82) is 0 Å². The Morgan fingerprint density at radius 1 is 1.00 bits per heavy atom. The smallest absolute Gasteiger partial charge is 0.418 e. The molecule has 1 heterocycles. The Bertz CT molecular complexity index is 364. The van der Waals surface area contributed by atoms with E-state index in [-0.39, 0.29) is 0 Å². The number of aryl methyl sites for hydroxylation is 2. The number of nitrogens with zero attached hydrogens (tertiary/aromatic N) is 1. The summed E-state index contributed by atoms with van der Waals surface area (Å²) in [6, 6.07) is 0. The van der Waals surface area contributed by atoms with Crippen molar-refractivity contribution in [2.45, 2.75) is 33.1 Å². The molecule has 0 atom stereocenters. The number of imidazole rings is 1. The molecule has 126 valence electrons. The van der Waals surface area contributed by atoms with Crippen LogP contribution in [0.2, 0.25) is 0 Å². The maximum absolute atomic E-state index is 9.75. The van der Waals surface area contributed by atoms with Crippen molar-refractivity contribution in [1.82, 2.24) is 4.98 Å². The van der Waals surface area contributed by atoms with Crippen LogP contribution in [-0.2, 0) is 13.5 Å². The molecule has 0 saturated carbocycles. The highest BCUT2D eigenvalue weighted by atomic mass is 19.5. The van der Waals surface area contributed by atoms with Crippen molar-refractivity contribution >= 4 is 14.5 Å². The van der Waals surface area contributed by atoms with Crippen LogP contribution in [0.1, 0.15) is 31.3 Å². The number of unbranched alkanes of at least 4 members (excludes halogenated alkanes) is 1. The highest BCUT2D eigenvalue weighted by molar-refractivity contribution is 6.50. The number of hydrogen-bond acceptors (Lipinski definition) is 0. The SMILES string of the molecule is CCCCc1c[nH]c(C)[n+]1C.F[B-](F)(F)F.F[B-](F)(F)F. The van der Waals surface area contributed by atoms with Crippen LogP contribution in [0.3, 0.4) is 0 Å². The highest BCUT2D eigenvalue weighted by Crippen LogP contribution is 2.07. The van der Waals surface area contributed by atoms with Crippen LogP contribution < -0.4 is 4.57 Å². The third kappa shape index (κ3) is 21.2. The topological polar surface area (TPSA) is 19.7 Å². The van der Waals surface area contributed by atoms with Crippen LogP contribution in [0.15, 0.2) is 6.20 Å². The average molecular weight is 327 g/mol. The number of hydrogen-bond donors (Lipinski definition) is 1. The van der Waals surface area contributed by atoms with Crippen molar-refractivity contribution in [2.75, 3.05) is 0 Å². The quantitative estimate of drug-likeness (QED) is 0.490. The molecule has 0 aliphatic heterocycles. The lowest BCUT2D eigenvalue weighted by Gasteiger charge is -1.94. The Morgan fingerprint density at radius 2 is 1.38 bits per heavy atom. The fourth-order valence-electron chi connectivity index (χ4n) is 1.19. The molecular formula is C9H17B2F8N2-. The summed E-state index contributed by atoms with van der Waals surface area (Å²) in [6.45, 7) is 4.31. The van der Waals surface area contributed by atoms with E-state index in [2.05, 4.69) is 36.6 Å². The van der Waals surface area contributed by atoms with E-state index in [1.807, 2.05) is 0 Å². The van der Waals surface area contributed by atoms with Gasteiger partial charge in [-0.05, 0) is 6.42 Å². The molecule has 0 amide bonds. The van der Waals surface area contributed by atoms with E-state index < -0.39 is 14.5 Å². The van der Waals surface area contributed by atoms with Gasteiger partial charge in [-0.1, -0.05) is 13.3 Å². The van der Waals surface area contributed by atoms with E-state index in [9.17, 15) is 34.5 Å². The molecule has 1 aromatic rings. The zero-order valence-electron chi connectivity index (χ0n) is 11.8. The van der Waals surface area contributed by atoms with Gasteiger partial charge in [-0.3, -0.25) is 0 Å². The van der Waals surface area contributed by atoms with Gasteiger partial charge in [-0.15, -0.1) is 0 Å². The van der Waals surface area contributed by atoms with Gasteiger partial charge in [-0.25, -0.2) is 9.55 Å². The molecule has 0 spiro atoms. The van der Waals surface area contributed by atoms with Crippen molar-refractivity contribution in [3.05, 3.63) is 17.7 Å². The molecule has 0 fully saturated rings. The molecule has 1 aromatic heterocycles. The molecule has 0 radical (unpaired) electrons. The van der Waals surface area contributed by atoms with E-state index >= 15 is 0 Å². The zero-order valence-corrected chi connectivity index (χ0v) is 11.8. The van der Waals surface area contributed by atoms with Gasteiger partial charge < -0.3 is 34.5 Å². The van der Waals surface area contributed by atoms with E-state index in [1.165, 1.54) is 30.8 Å². The monoisotopic (exact) mass is 327 g/mol. The fraction of sp³-hybridized carbons (Fsp3) is 0.667. The van der Waals surface area contributed by atoms with Gasteiger partial charge in [0.1, 0.15) is 11.9 Å². The van der Waals surface area contributed by atoms with Crippen LogP contribution in [-0.4, -0.2) is 19.5 Å². The number of aromatic nitrogens is 2. The average Bonchev–Trinajstić information content (AvgIpc) is 2.52. The normalized spacial score (nSPS) is 11.2. The Kier molecular flexibility index (Phi) is 10.2. The van der Waals surface area contributed by atoms with Gasteiger partial charge in [0, 0.05) is 13.3 Å². The van der Waals surface area contributed by atoms with Crippen molar-refractivity contribution in [3.8, 4) is 0 Å². The minimum atomic E-state index is -6.00. The second-order valence-corrected chi connectivity index (χ2v) is 4.02. The molecule has 12 heteroatoms. The van der Waals surface area contributed by atoms with Crippen LogP contribution >= 0.6 is 0 Å². The minimum Gasteiger partial charge on any atom is -0.418 e. The van der Waals surface area contributed by atoms with Gasteiger partial charge in [0.05, 0.1) is 7.05 Å². The number of nitrogens with one attached hydrogen (secondary N) is 1. The van der Waals surface area contributed by atoms with Crippen molar-refractivity contribution < 1.29 is 39.1 Å². The number of halogens is 8. The number of aromatic amines is 1. The van der Waals surface area contributed by atoms with Gasteiger partial charge >= 0.3 is 14.5 Å². The molecule has 0 bridgehead atoms. The van der Waals surface area contributed by atoms with Gasteiger partial charge in [-0.2, -0.15) is 0 Å². The largest absolute Gasteiger partial charge is 0.673 e. The van der Waals surface area contributed by atoms with E-state index in [1.54, 1.807) is 0 Å². The molecule has 2 nitrogen and oxygen atoms in total. The molecule has 21 heavy (non-hydrogen) atoms. The number of rotatable bonds is 3. The summed E-state index contributed by atoms with van der Waals surface area (Å²) in [4.78, 5) is 3.21. The van der Waals surface area contributed by atoms with Crippen LogP contribution in [0.5, 0.6) is 0 Å². The molecule has 0 aliphatic carbocycles. The highest BCUT2D eigenvalue weighted by Gasteiger charge is 2.21. The summed E-state index contributed by atoms with van der Waals surface area (Å²) < 4.78 is 80.2. The summed E-state index contributed by atoms with van der Waals surface area (Å²) in [5.74, 6) is 1.23. The first kappa shape index (κ1) is 22.1. The lowest BCUT2D eigenvalue weighted by atomic mass is 10.2. The Hall–Kier alpha value is -1.22. The maximum atomic E-state index is 9.75. The van der Waals surface area contributed by atoms with E-state index in [4.69, 9.17) is 0 Å². The standard InChI is InChI=1S/C9H16N2.2BF4/c1-4-5-6-9-7-10-8(2)11(9)3;2*2-1(3,4)5/h7H,4-6H2,1-3H3;;/q;2*-1/p+1. The Morgan fingerprint density at radius 3 is 1.62 bits per heavy atom. The predicted molar refractivity (Wildman–Crippen MR) is 65.7 cm³/mol. The first-order valence-electron chi connectivity index (χ1n) is 6.03. The third-order valence-electron chi connectivity index (χ3n) is 2.17. The van der Waals surface area contributed by atoms with Crippen LogP contribution in [0.25, 0.3) is 0 Å². The fourth-order valence-corrected chi connectivity index (χ4v) is 1.19. The summed E-state index contributed by atoms with van der Waals surface area (Å²) >= 11 is 0. The van der Waals surface area contributed by atoms with Crippen LogP contribution in [0, 0.1) is 6.92 Å². The second-order valence-electron chi connectivity index (χ2n) is 4.02.